The van der Waals surface area contributed by atoms with E-state index >= 15 is 0 Å². The molecule has 0 bridgehead atoms. The third-order valence-electron chi connectivity index (χ3n) is 2.62. The molecule has 0 aromatic heterocycles. The first-order chi connectivity index (χ1) is 8.38. The molecule has 1 aromatic rings. The minimum Gasteiger partial charge on any atom is -0.313 e. The molecule has 1 rings (SSSR count). The van der Waals surface area contributed by atoms with E-state index in [1.165, 1.54) is 6.07 Å². The van der Waals surface area contributed by atoms with Crippen LogP contribution in [-0.4, -0.2) is 12.7 Å². The SMILES string of the molecule is Cc1cc(CNCCCCC(F)(F)F)ccc1F. The van der Waals surface area contributed by atoms with Crippen molar-refractivity contribution in [3.8, 4) is 0 Å². The molecule has 0 aliphatic heterocycles. The molecule has 0 spiro atoms. The Morgan fingerprint density at radius 1 is 1.17 bits per heavy atom. The monoisotopic (exact) mass is 263 g/mol. The van der Waals surface area contributed by atoms with Crippen molar-refractivity contribution < 1.29 is 17.6 Å². The van der Waals surface area contributed by atoms with Crippen molar-refractivity contribution in [1.29, 1.82) is 0 Å². The number of benzene rings is 1. The van der Waals surface area contributed by atoms with Gasteiger partial charge < -0.3 is 5.32 Å². The second-order valence-corrected chi connectivity index (χ2v) is 4.33. The number of hydrogen-bond donors (Lipinski definition) is 1. The van der Waals surface area contributed by atoms with E-state index < -0.39 is 12.6 Å². The minimum absolute atomic E-state index is 0.138. The normalized spacial score (nSPS) is 11.8. The highest BCUT2D eigenvalue weighted by Gasteiger charge is 2.25. The number of nitrogens with one attached hydrogen (secondary N) is 1. The van der Waals surface area contributed by atoms with Crippen molar-refractivity contribution >= 4 is 0 Å². The van der Waals surface area contributed by atoms with Crippen LogP contribution in [0.1, 0.15) is 30.4 Å². The Labute approximate surface area is 104 Å². The molecule has 0 aliphatic rings. The molecule has 1 N–H and O–H groups in total. The van der Waals surface area contributed by atoms with Crippen LogP contribution >= 0.6 is 0 Å². The lowest BCUT2D eigenvalue weighted by molar-refractivity contribution is -0.135. The highest BCUT2D eigenvalue weighted by Crippen LogP contribution is 2.21. The molecule has 1 nitrogen and oxygen atoms in total. The summed E-state index contributed by atoms with van der Waals surface area (Å²) < 4.78 is 48.5. The van der Waals surface area contributed by atoms with Gasteiger partial charge in [-0.2, -0.15) is 13.2 Å². The van der Waals surface area contributed by atoms with Gasteiger partial charge in [0.05, 0.1) is 0 Å². The second kappa shape index (κ2) is 6.73. The van der Waals surface area contributed by atoms with Crippen LogP contribution in [0.5, 0.6) is 0 Å². The van der Waals surface area contributed by atoms with E-state index in [0.29, 0.717) is 25.1 Å². The third kappa shape index (κ3) is 6.00. The van der Waals surface area contributed by atoms with Gasteiger partial charge in [0.25, 0.3) is 0 Å². The van der Waals surface area contributed by atoms with Gasteiger partial charge in [-0.05, 0) is 43.5 Å². The van der Waals surface area contributed by atoms with Crippen molar-refractivity contribution in [2.45, 2.75) is 38.9 Å². The molecule has 0 aliphatic carbocycles. The maximum absolute atomic E-state index is 13.0. The number of unbranched alkanes of at least 4 members (excludes halogenated alkanes) is 1. The van der Waals surface area contributed by atoms with E-state index in [2.05, 4.69) is 5.32 Å². The Morgan fingerprint density at radius 2 is 1.89 bits per heavy atom. The van der Waals surface area contributed by atoms with Gasteiger partial charge in [-0.25, -0.2) is 4.39 Å². The van der Waals surface area contributed by atoms with E-state index in [0.717, 1.165) is 5.56 Å². The summed E-state index contributed by atoms with van der Waals surface area (Å²) >= 11 is 0. The number of halogens is 4. The van der Waals surface area contributed by atoms with Crippen molar-refractivity contribution in [2.75, 3.05) is 6.54 Å². The quantitative estimate of drug-likeness (QED) is 0.605. The Bertz CT molecular complexity index is 374. The zero-order chi connectivity index (χ0) is 13.6. The van der Waals surface area contributed by atoms with Gasteiger partial charge in [0.15, 0.2) is 0 Å². The lowest BCUT2D eigenvalue weighted by atomic mass is 10.1. The van der Waals surface area contributed by atoms with Crippen LogP contribution in [0.3, 0.4) is 0 Å². The van der Waals surface area contributed by atoms with Crippen LogP contribution in [0, 0.1) is 12.7 Å². The largest absolute Gasteiger partial charge is 0.389 e. The van der Waals surface area contributed by atoms with Gasteiger partial charge in [-0.1, -0.05) is 12.1 Å². The molecule has 1 aromatic carbocycles. The summed E-state index contributed by atoms with van der Waals surface area (Å²) in [5, 5.41) is 3.04. The predicted molar refractivity (Wildman–Crippen MR) is 62.7 cm³/mol. The lowest BCUT2D eigenvalue weighted by Gasteiger charge is -2.07. The number of hydrogen-bond acceptors (Lipinski definition) is 1. The zero-order valence-electron chi connectivity index (χ0n) is 10.3. The second-order valence-electron chi connectivity index (χ2n) is 4.33. The van der Waals surface area contributed by atoms with Crippen molar-refractivity contribution in [3.05, 3.63) is 35.1 Å². The fraction of sp³-hybridized carbons (Fsp3) is 0.538. The summed E-state index contributed by atoms with van der Waals surface area (Å²) in [6, 6.07) is 4.80. The first-order valence-electron chi connectivity index (χ1n) is 5.91. The van der Waals surface area contributed by atoms with Crippen molar-refractivity contribution in [1.82, 2.24) is 5.32 Å². The molecular weight excluding hydrogens is 246 g/mol. The van der Waals surface area contributed by atoms with Gasteiger partial charge in [0.1, 0.15) is 5.82 Å². The van der Waals surface area contributed by atoms with Crippen LogP contribution in [0.25, 0.3) is 0 Å². The molecular formula is C13H17F4N. The van der Waals surface area contributed by atoms with E-state index in [1.807, 2.05) is 0 Å². The molecule has 0 radical (unpaired) electrons. The standard InChI is InChI=1S/C13H17F4N/c1-10-8-11(4-5-12(10)14)9-18-7-3-2-6-13(15,16)17/h4-5,8,18H,2-3,6-7,9H2,1H3. The summed E-state index contributed by atoms with van der Waals surface area (Å²) in [6.07, 6.45) is -4.17. The summed E-state index contributed by atoms with van der Waals surface area (Å²) in [5.74, 6) is -0.246. The van der Waals surface area contributed by atoms with Crippen LogP contribution in [0.15, 0.2) is 18.2 Å². The minimum atomic E-state index is -4.06. The maximum Gasteiger partial charge on any atom is 0.389 e. The highest BCUT2D eigenvalue weighted by molar-refractivity contribution is 5.23. The number of aryl methyl sites for hydroxylation is 1. The predicted octanol–water partition coefficient (Wildman–Crippen LogP) is 3.96. The van der Waals surface area contributed by atoms with Crippen molar-refractivity contribution in [2.24, 2.45) is 0 Å². The molecule has 0 amide bonds. The number of rotatable bonds is 6. The Balaban J connectivity index is 2.16. The van der Waals surface area contributed by atoms with Crippen LogP contribution in [-0.2, 0) is 6.54 Å². The Morgan fingerprint density at radius 3 is 2.50 bits per heavy atom. The Hall–Kier alpha value is -1.10. The highest BCUT2D eigenvalue weighted by atomic mass is 19.4. The maximum atomic E-state index is 13.0. The van der Waals surface area contributed by atoms with Crippen LogP contribution in [0.4, 0.5) is 17.6 Å². The van der Waals surface area contributed by atoms with Gasteiger partial charge >= 0.3 is 6.18 Å². The van der Waals surface area contributed by atoms with Gasteiger partial charge in [0, 0.05) is 13.0 Å². The molecule has 0 unspecified atom stereocenters. The fourth-order valence-corrected chi connectivity index (χ4v) is 1.62. The van der Waals surface area contributed by atoms with Gasteiger partial charge in [0.2, 0.25) is 0 Å². The average Bonchev–Trinajstić information content (AvgIpc) is 2.26. The Kier molecular flexibility index (Phi) is 5.59. The van der Waals surface area contributed by atoms with E-state index in [9.17, 15) is 17.6 Å². The van der Waals surface area contributed by atoms with E-state index in [1.54, 1.807) is 19.1 Å². The van der Waals surface area contributed by atoms with Gasteiger partial charge in [-0.3, -0.25) is 0 Å². The first-order valence-corrected chi connectivity index (χ1v) is 5.91. The summed E-state index contributed by atoms with van der Waals surface area (Å²) in [6.45, 7) is 2.77. The van der Waals surface area contributed by atoms with Crippen LogP contribution < -0.4 is 5.32 Å². The molecule has 5 heteroatoms. The molecule has 0 heterocycles. The fourth-order valence-electron chi connectivity index (χ4n) is 1.62. The topological polar surface area (TPSA) is 12.0 Å². The summed E-state index contributed by atoms with van der Waals surface area (Å²) in [5.41, 5.74) is 1.51. The van der Waals surface area contributed by atoms with Crippen molar-refractivity contribution in [3.63, 3.8) is 0 Å². The molecule has 0 saturated carbocycles. The smallest absolute Gasteiger partial charge is 0.313 e. The number of alkyl halides is 3. The van der Waals surface area contributed by atoms with Crippen LogP contribution in [0.2, 0.25) is 0 Å². The molecule has 0 saturated heterocycles. The van der Waals surface area contributed by atoms with Gasteiger partial charge in [-0.15, -0.1) is 0 Å². The zero-order valence-corrected chi connectivity index (χ0v) is 10.3. The molecule has 0 atom stereocenters. The van der Waals surface area contributed by atoms with E-state index in [-0.39, 0.29) is 12.2 Å². The third-order valence-corrected chi connectivity index (χ3v) is 2.62. The lowest BCUT2D eigenvalue weighted by Crippen LogP contribution is -2.16. The summed E-state index contributed by atoms with van der Waals surface area (Å²) in [4.78, 5) is 0. The first kappa shape index (κ1) is 15.0. The molecule has 102 valence electrons. The molecule has 0 fully saturated rings. The van der Waals surface area contributed by atoms with E-state index in [4.69, 9.17) is 0 Å². The molecule has 18 heavy (non-hydrogen) atoms. The average molecular weight is 263 g/mol. The summed E-state index contributed by atoms with van der Waals surface area (Å²) in [7, 11) is 0.